The van der Waals surface area contributed by atoms with Gasteiger partial charge in [0.15, 0.2) is 5.16 Å². The van der Waals surface area contributed by atoms with Crippen LogP contribution in [-0.4, -0.2) is 33.1 Å². The normalized spacial score (nSPS) is 14.1. The van der Waals surface area contributed by atoms with Crippen LogP contribution in [0, 0.1) is 0 Å². The second-order valence-electron chi connectivity index (χ2n) is 4.81. The second-order valence-corrected chi connectivity index (χ2v) is 6.24. The molecule has 2 aromatic rings. The fourth-order valence-corrected chi connectivity index (χ4v) is 2.76. The molecule has 0 saturated heterocycles. The number of halogens is 1. The van der Waals surface area contributed by atoms with Gasteiger partial charge in [0.25, 0.3) is 0 Å². The van der Waals surface area contributed by atoms with Crippen molar-refractivity contribution in [3.63, 3.8) is 0 Å². The van der Waals surface area contributed by atoms with Crippen LogP contribution in [0.5, 0.6) is 0 Å². The minimum Gasteiger partial charge on any atom is -0.390 e. The molecule has 0 spiro atoms. The number of benzene rings is 1. The fraction of sp³-hybridized carbons (Fsp3) is 0.400. The molecule has 2 atom stereocenters. The molecular formula is C15H19ClN2O2S. The highest BCUT2D eigenvalue weighted by molar-refractivity contribution is 7.99. The van der Waals surface area contributed by atoms with Crippen molar-refractivity contribution < 1.29 is 9.84 Å². The van der Waals surface area contributed by atoms with Gasteiger partial charge >= 0.3 is 0 Å². The van der Waals surface area contributed by atoms with Gasteiger partial charge in [-0.2, -0.15) is 0 Å². The van der Waals surface area contributed by atoms with Gasteiger partial charge in [0.1, 0.15) is 0 Å². The van der Waals surface area contributed by atoms with Gasteiger partial charge in [0.2, 0.25) is 0 Å². The van der Waals surface area contributed by atoms with E-state index in [-0.39, 0.29) is 6.10 Å². The third kappa shape index (κ3) is 5.04. The van der Waals surface area contributed by atoms with Crippen molar-refractivity contribution in [3.05, 3.63) is 47.2 Å². The summed E-state index contributed by atoms with van der Waals surface area (Å²) in [6, 6.07) is 7.54. The first kappa shape index (κ1) is 16.4. The highest BCUT2D eigenvalue weighted by Crippen LogP contribution is 2.20. The van der Waals surface area contributed by atoms with Crippen molar-refractivity contribution in [2.45, 2.75) is 24.3 Å². The summed E-state index contributed by atoms with van der Waals surface area (Å²) in [6.45, 7) is 2.25. The van der Waals surface area contributed by atoms with Crippen molar-refractivity contribution in [3.8, 4) is 0 Å². The zero-order valence-electron chi connectivity index (χ0n) is 12.1. The molecule has 0 bridgehead atoms. The maximum Gasteiger partial charge on any atom is 0.167 e. The highest BCUT2D eigenvalue weighted by Gasteiger charge is 2.11. The lowest BCUT2D eigenvalue weighted by Gasteiger charge is -2.16. The first-order valence-corrected chi connectivity index (χ1v) is 8.08. The van der Waals surface area contributed by atoms with Crippen LogP contribution in [0.3, 0.4) is 0 Å². The molecule has 0 aliphatic heterocycles. The Kier molecular flexibility index (Phi) is 6.11. The van der Waals surface area contributed by atoms with Crippen molar-refractivity contribution in [2.24, 2.45) is 7.05 Å². The van der Waals surface area contributed by atoms with Crippen LogP contribution in [0.4, 0.5) is 0 Å². The SMILES string of the molecule is C[C@@H](OC[C@H](O)CSc1nccn1C)c1ccc(Cl)cc1. The molecule has 0 saturated carbocycles. The second kappa shape index (κ2) is 7.84. The molecule has 1 heterocycles. The third-order valence-corrected chi connectivity index (χ3v) is 4.51. The van der Waals surface area contributed by atoms with Crippen LogP contribution >= 0.6 is 23.4 Å². The van der Waals surface area contributed by atoms with E-state index in [4.69, 9.17) is 16.3 Å². The molecule has 6 heteroatoms. The zero-order chi connectivity index (χ0) is 15.2. The molecule has 0 unspecified atom stereocenters. The van der Waals surface area contributed by atoms with E-state index in [0.717, 1.165) is 10.7 Å². The first-order valence-electron chi connectivity index (χ1n) is 6.71. The van der Waals surface area contributed by atoms with E-state index in [2.05, 4.69) is 4.98 Å². The van der Waals surface area contributed by atoms with Crippen LogP contribution in [0.15, 0.2) is 41.8 Å². The monoisotopic (exact) mass is 326 g/mol. The summed E-state index contributed by atoms with van der Waals surface area (Å²) in [7, 11) is 1.93. The summed E-state index contributed by atoms with van der Waals surface area (Å²) < 4.78 is 7.62. The lowest BCUT2D eigenvalue weighted by atomic mass is 10.1. The Balaban J connectivity index is 1.74. The number of hydrogen-bond acceptors (Lipinski definition) is 4. The third-order valence-electron chi connectivity index (χ3n) is 3.06. The predicted octanol–water partition coefficient (Wildman–Crippen LogP) is 3.30. The van der Waals surface area contributed by atoms with E-state index >= 15 is 0 Å². The Labute approximate surface area is 134 Å². The lowest BCUT2D eigenvalue weighted by Crippen LogP contribution is -2.19. The molecule has 0 aliphatic carbocycles. The Morgan fingerprint density at radius 1 is 1.38 bits per heavy atom. The molecule has 114 valence electrons. The van der Waals surface area contributed by atoms with Gasteiger partial charge in [-0.3, -0.25) is 0 Å². The topological polar surface area (TPSA) is 47.3 Å². The van der Waals surface area contributed by atoms with E-state index < -0.39 is 6.10 Å². The molecule has 0 fully saturated rings. The van der Waals surface area contributed by atoms with Gasteiger partial charge in [-0.1, -0.05) is 35.5 Å². The largest absolute Gasteiger partial charge is 0.390 e. The minimum atomic E-state index is -0.526. The Morgan fingerprint density at radius 3 is 2.71 bits per heavy atom. The summed E-state index contributed by atoms with van der Waals surface area (Å²) in [5.41, 5.74) is 1.04. The molecule has 0 radical (unpaired) electrons. The fourth-order valence-electron chi connectivity index (χ4n) is 1.80. The molecule has 21 heavy (non-hydrogen) atoms. The maximum absolute atomic E-state index is 9.97. The molecule has 1 aromatic carbocycles. The number of aliphatic hydroxyl groups excluding tert-OH is 1. The summed E-state index contributed by atoms with van der Waals surface area (Å²) in [6.07, 6.45) is 3.03. The van der Waals surface area contributed by atoms with Gasteiger partial charge in [-0.25, -0.2) is 4.98 Å². The van der Waals surface area contributed by atoms with Crippen molar-refractivity contribution in [1.82, 2.24) is 9.55 Å². The van der Waals surface area contributed by atoms with E-state index in [1.165, 1.54) is 11.8 Å². The van der Waals surface area contributed by atoms with Crippen LogP contribution in [0.1, 0.15) is 18.6 Å². The van der Waals surface area contributed by atoms with E-state index in [1.807, 2.05) is 49.0 Å². The van der Waals surface area contributed by atoms with Gasteiger partial charge in [0, 0.05) is 30.2 Å². The summed E-state index contributed by atoms with van der Waals surface area (Å²) in [5.74, 6) is 0.554. The van der Waals surface area contributed by atoms with E-state index in [9.17, 15) is 5.11 Å². The molecule has 1 aromatic heterocycles. The summed E-state index contributed by atoms with van der Waals surface area (Å²) in [5, 5.41) is 11.6. The average molecular weight is 327 g/mol. The standard InChI is InChI=1S/C15H19ClN2O2S/c1-11(12-3-5-13(16)6-4-12)20-9-14(19)10-21-15-17-7-8-18(15)2/h3-8,11,14,19H,9-10H2,1-2H3/t11-,14+/m1/s1. The van der Waals surface area contributed by atoms with Gasteiger partial charge in [0.05, 0.1) is 18.8 Å². The highest BCUT2D eigenvalue weighted by atomic mass is 35.5. The quantitative estimate of drug-likeness (QED) is 0.793. The molecule has 0 aliphatic rings. The Bertz CT molecular complexity index is 559. The minimum absolute atomic E-state index is 0.0740. The van der Waals surface area contributed by atoms with Crippen LogP contribution < -0.4 is 0 Å². The Morgan fingerprint density at radius 2 is 2.10 bits per heavy atom. The summed E-state index contributed by atoms with van der Waals surface area (Å²) in [4.78, 5) is 4.20. The summed E-state index contributed by atoms with van der Waals surface area (Å²) >= 11 is 7.37. The molecular weight excluding hydrogens is 308 g/mol. The molecule has 0 amide bonds. The average Bonchev–Trinajstić information content (AvgIpc) is 2.88. The molecule has 4 nitrogen and oxygen atoms in total. The number of rotatable bonds is 7. The van der Waals surface area contributed by atoms with Gasteiger partial charge in [-0.15, -0.1) is 0 Å². The number of imidazole rings is 1. The number of aromatic nitrogens is 2. The van der Waals surface area contributed by atoms with Gasteiger partial charge < -0.3 is 14.4 Å². The number of nitrogens with zero attached hydrogens (tertiary/aromatic N) is 2. The first-order chi connectivity index (χ1) is 10.1. The van der Waals surface area contributed by atoms with E-state index in [0.29, 0.717) is 17.4 Å². The number of thioether (sulfide) groups is 1. The number of hydrogen-bond donors (Lipinski definition) is 1. The predicted molar refractivity (Wildman–Crippen MR) is 85.8 cm³/mol. The number of ether oxygens (including phenoxy) is 1. The van der Waals surface area contributed by atoms with Crippen molar-refractivity contribution in [1.29, 1.82) is 0 Å². The van der Waals surface area contributed by atoms with Crippen molar-refractivity contribution >= 4 is 23.4 Å². The number of aryl methyl sites for hydroxylation is 1. The Hall–Kier alpha value is -1.01. The molecule has 2 rings (SSSR count). The zero-order valence-corrected chi connectivity index (χ0v) is 13.6. The lowest BCUT2D eigenvalue weighted by molar-refractivity contribution is 0.00621. The van der Waals surface area contributed by atoms with Gasteiger partial charge in [-0.05, 0) is 24.6 Å². The maximum atomic E-state index is 9.97. The van der Waals surface area contributed by atoms with Crippen LogP contribution in [-0.2, 0) is 11.8 Å². The van der Waals surface area contributed by atoms with E-state index in [1.54, 1.807) is 6.20 Å². The van der Waals surface area contributed by atoms with Crippen molar-refractivity contribution in [2.75, 3.05) is 12.4 Å². The molecule has 1 N–H and O–H groups in total. The van der Waals surface area contributed by atoms with Crippen LogP contribution in [0.2, 0.25) is 5.02 Å². The smallest absolute Gasteiger partial charge is 0.167 e. The number of aliphatic hydroxyl groups is 1. The van der Waals surface area contributed by atoms with Crippen LogP contribution in [0.25, 0.3) is 0 Å².